The van der Waals surface area contributed by atoms with E-state index in [1.54, 1.807) is 14.1 Å². The number of nitrogens with zero attached hydrogens (tertiary/aromatic N) is 3. The zero-order valence-corrected chi connectivity index (χ0v) is 22.4. The van der Waals surface area contributed by atoms with Gasteiger partial charge >= 0.3 is 6.09 Å². The van der Waals surface area contributed by atoms with Crippen LogP contribution in [-0.4, -0.2) is 79.7 Å². The van der Waals surface area contributed by atoms with Gasteiger partial charge in [-0.3, -0.25) is 4.79 Å². The maximum Gasteiger partial charge on any atom is 0.407 e. The molecule has 0 aromatic heterocycles. The van der Waals surface area contributed by atoms with Crippen LogP contribution in [0.25, 0.3) is 0 Å². The first-order chi connectivity index (χ1) is 15.1. The van der Waals surface area contributed by atoms with Crippen LogP contribution in [0.4, 0.5) is 4.79 Å². The van der Waals surface area contributed by atoms with Gasteiger partial charge in [0.05, 0.1) is 18.7 Å². The minimum atomic E-state index is -0.542. The largest absolute Gasteiger partial charge is 0.493 e. The van der Waals surface area contributed by atoms with Crippen molar-refractivity contribution in [3.63, 3.8) is 0 Å². The molecule has 0 spiro atoms. The summed E-state index contributed by atoms with van der Waals surface area (Å²) in [7, 11) is 3.44. The zero-order chi connectivity index (χ0) is 23.3. The Kier molecular flexibility index (Phi) is 9.62. The van der Waals surface area contributed by atoms with Crippen molar-refractivity contribution >= 4 is 41.9 Å². The summed E-state index contributed by atoms with van der Waals surface area (Å²) in [6.07, 6.45) is 1.15. The van der Waals surface area contributed by atoms with Gasteiger partial charge in [-0.15, -0.1) is 24.0 Å². The zero-order valence-electron chi connectivity index (χ0n) is 20.1. The number of amides is 2. The molecular weight excluding hydrogens is 537 g/mol. The Morgan fingerprint density at radius 3 is 2.64 bits per heavy atom. The number of rotatable bonds is 4. The standard InChI is InChI=1S/C23H35N5O4.HI/c1-23(2,3)32-22(30)25-16-10-12-28(15-16)21(24-14-20(29)27(4)5)26-18-11-13-31-19-9-7-6-8-17(18)19;/h6-9,16,18H,10-15H2,1-5H3,(H,24,26)(H,25,30);1H. The molecule has 0 radical (unpaired) electrons. The van der Waals surface area contributed by atoms with E-state index in [0.29, 0.717) is 25.7 Å². The molecule has 2 heterocycles. The van der Waals surface area contributed by atoms with Crippen molar-refractivity contribution in [1.82, 2.24) is 20.4 Å². The lowest BCUT2D eigenvalue weighted by Crippen LogP contribution is -2.46. The summed E-state index contributed by atoms with van der Waals surface area (Å²) in [5.41, 5.74) is 0.535. The fraction of sp³-hybridized carbons (Fsp3) is 0.609. The predicted molar refractivity (Wildman–Crippen MR) is 138 cm³/mol. The second-order valence-electron chi connectivity index (χ2n) is 9.38. The molecule has 10 heteroatoms. The van der Waals surface area contributed by atoms with E-state index in [1.165, 1.54) is 4.90 Å². The third-order valence-electron chi connectivity index (χ3n) is 5.33. The first kappa shape index (κ1) is 27.0. The number of likely N-dealkylation sites (tertiary alicyclic amines) is 1. The van der Waals surface area contributed by atoms with E-state index in [2.05, 4.69) is 20.5 Å². The third-order valence-corrected chi connectivity index (χ3v) is 5.33. The lowest BCUT2D eigenvalue weighted by Gasteiger charge is -2.31. The first-order valence-electron chi connectivity index (χ1n) is 11.1. The molecule has 33 heavy (non-hydrogen) atoms. The fourth-order valence-corrected chi connectivity index (χ4v) is 3.71. The fourth-order valence-electron chi connectivity index (χ4n) is 3.71. The number of carbonyl (C=O) groups excluding carboxylic acids is 2. The normalized spacial score (nSPS) is 20.2. The van der Waals surface area contributed by atoms with Gasteiger partial charge in [-0.2, -0.15) is 0 Å². The Morgan fingerprint density at radius 1 is 1.21 bits per heavy atom. The van der Waals surface area contributed by atoms with Gasteiger partial charge < -0.3 is 29.9 Å². The topological polar surface area (TPSA) is 95.5 Å². The number of guanidine groups is 1. The molecule has 2 N–H and O–H groups in total. The van der Waals surface area contributed by atoms with Crippen molar-refractivity contribution in [2.75, 3.05) is 40.3 Å². The SMILES string of the molecule is CN(C)C(=O)CN=C(NC1CCOc2ccccc21)N1CCC(NC(=O)OC(C)(C)C)C1.I. The number of ether oxygens (including phenoxy) is 2. The van der Waals surface area contributed by atoms with Gasteiger partial charge in [0.15, 0.2) is 5.96 Å². The summed E-state index contributed by atoms with van der Waals surface area (Å²) in [5, 5.41) is 6.48. The smallest absolute Gasteiger partial charge is 0.407 e. The van der Waals surface area contributed by atoms with E-state index in [9.17, 15) is 9.59 Å². The van der Waals surface area contributed by atoms with Crippen molar-refractivity contribution in [2.24, 2.45) is 4.99 Å². The number of aliphatic imine (C=N–C) groups is 1. The van der Waals surface area contributed by atoms with Gasteiger partial charge in [0.25, 0.3) is 0 Å². The maximum absolute atomic E-state index is 12.2. The van der Waals surface area contributed by atoms with Crippen molar-refractivity contribution < 1.29 is 19.1 Å². The molecule has 3 rings (SSSR count). The third kappa shape index (κ3) is 7.94. The van der Waals surface area contributed by atoms with E-state index in [4.69, 9.17) is 9.47 Å². The van der Waals surface area contributed by atoms with E-state index >= 15 is 0 Å². The molecular formula is C23H36IN5O4. The molecule has 1 aromatic carbocycles. The molecule has 2 aliphatic rings. The Labute approximate surface area is 213 Å². The molecule has 2 atom stereocenters. The van der Waals surface area contributed by atoms with Gasteiger partial charge in [0.1, 0.15) is 17.9 Å². The molecule has 9 nitrogen and oxygen atoms in total. The number of likely N-dealkylation sites (N-methyl/N-ethyl adjacent to an activating group) is 1. The summed E-state index contributed by atoms with van der Waals surface area (Å²) >= 11 is 0. The average Bonchev–Trinajstić information content (AvgIpc) is 3.17. The summed E-state index contributed by atoms with van der Waals surface area (Å²) < 4.78 is 11.2. The molecule has 0 saturated carbocycles. The highest BCUT2D eigenvalue weighted by Gasteiger charge is 2.30. The van der Waals surface area contributed by atoms with E-state index in [-0.39, 0.29) is 48.5 Å². The highest BCUT2D eigenvalue weighted by Crippen LogP contribution is 2.31. The second-order valence-corrected chi connectivity index (χ2v) is 9.38. The monoisotopic (exact) mass is 573 g/mol. The number of hydrogen-bond acceptors (Lipinski definition) is 5. The summed E-state index contributed by atoms with van der Waals surface area (Å²) in [6.45, 7) is 7.50. The second kappa shape index (κ2) is 11.8. The van der Waals surface area contributed by atoms with Crippen LogP contribution in [-0.2, 0) is 9.53 Å². The molecule has 1 aromatic rings. The molecule has 184 valence electrons. The summed E-state index contributed by atoms with van der Waals surface area (Å²) in [6, 6.07) is 7.94. The minimum Gasteiger partial charge on any atom is -0.493 e. The van der Waals surface area contributed by atoms with Gasteiger partial charge in [0.2, 0.25) is 5.91 Å². The number of halogens is 1. The Bertz CT molecular complexity index is 855. The quantitative estimate of drug-likeness (QED) is 0.327. The van der Waals surface area contributed by atoms with Crippen LogP contribution in [0.15, 0.2) is 29.3 Å². The molecule has 2 amide bonds. The van der Waals surface area contributed by atoms with Crippen molar-refractivity contribution in [2.45, 2.75) is 51.3 Å². The molecule has 0 bridgehead atoms. The Balaban J connectivity index is 0.00000385. The van der Waals surface area contributed by atoms with Crippen LogP contribution in [0, 0.1) is 0 Å². The van der Waals surface area contributed by atoms with Gasteiger partial charge in [-0.1, -0.05) is 18.2 Å². The minimum absolute atomic E-state index is 0. The van der Waals surface area contributed by atoms with Crippen LogP contribution in [0.3, 0.4) is 0 Å². The van der Waals surface area contributed by atoms with Crippen LogP contribution < -0.4 is 15.4 Å². The Morgan fingerprint density at radius 2 is 1.94 bits per heavy atom. The van der Waals surface area contributed by atoms with Crippen LogP contribution in [0.2, 0.25) is 0 Å². The number of alkyl carbamates (subject to hydrolysis) is 1. The molecule has 2 aliphatic heterocycles. The highest BCUT2D eigenvalue weighted by molar-refractivity contribution is 14.0. The van der Waals surface area contributed by atoms with Gasteiger partial charge in [-0.25, -0.2) is 9.79 Å². The van der Waals surface area contributed by atoms with E-state index in [0.717, 1.165) is 24.2 Å². The van der Waals surface area contributed by atoms with E-state index < -0.39 is 11.7 Å². The predicted octanol–water partition coefficient (Wildman–Crippen LogP) is 2.76. The Hall–Kier alpha value is -2.24. The highest BCUT2D eigenvalue weighted by atomic mass is 127. The number of hydrogen-bond donors (Lipinski definition) is 2. The lowest BCUT2D eigenvalue weighted by atomic mass is 10.0. The van der Waals surface area contributed by atoms with Crippen LogP contribution in [0.5, 0.6) is 5.75 Å². The van der Waals surface area contributed by atoms with Gasteiger partial charge in [0, 0.05) is 39.2 Å². The number of benzene rings is 1. The van der Waals surface area contributed by atoms with Crippen molar-refractivity contribution in [1.29, 1.82) is 0 Å². The number of para-hydroxylation sites is 1. The van der Waals surface area contributed by atoms with Gasteiger partial charge in [-0.05, 0) is 33.3 Å². The van der Waals surface area contributed by atoms with Crippen LogP contribution in [0.1, 0.15) is 45.2 Å². The lowest BCUT2D eigenvalue weighted by molar-refractivity contribution is -0.127. The van der Waals surface area contributed by atoms with Crippen molar-refractivity contribution in [3.8, 4) is 5.75 Å². The number of carbonyl (C=O) groups is 2. The molecule has 1 fully saturated rings. The number of fused-ring (bicyclic) bond motifs is 1. The maximum atomic E-state index is 12.2. The van der Waals surface area contributed by atoms with Crippen molar-refractivity contribution in [3.05, 3.63) is 29.8 Å². The molecule has 1 saturated heterocycles. The molecule has 0 aliphatic carbocycles. The van der Waals surface area contributed by atoms with Crippen LogP contribution >= 0.6 is 24.0 Å². The molecule has 2 unspecified atom stereocenters. The first-order valence-corrected chi connectivity index (χ1v) is 11.1. The summed E-state index contributed by atoms with van der Waals surface area (Å²) in [5.74, 6) is 1.46. The summed E-state index contributed by atoms with van der Waals surface area (Å²) in [4.78, 5) is 32.6. The van der Waals surface area contributed by atoms with E-state index in [1.807, 2.05) is 45.0 Å². The average molecular weight is 573 g/mol. The number of nitrogens with one attached hydrogen (secondary N) is 2.